The van der Waals surface area contributed by atoms with Gasteiger partial charge in [0.1, 0.15) is 0 Å². The van der Waals surface area contributed by atoms with Gasteiger partial charge in [0, 0.05) is 6.54 Å². The molecule has 1 heterocycles. The zero-order chi connectivity index (χ0) is 9.52. The molecule has 1 atom stereocenters. The molecule has 0 radical (unpaired) electrons. The summed E-state index contributed by atoms with van der Waals surface area (Å²) < 4.78 is 0. The highest BCUT2D eigenvalue weighted by Gasteiger charge is 1.97. The highest BCUT2D eigenvalue weighted by Crippen LogP contribution is 2.05. The van der Waals surface area contributed by atoms with Crippen LogP contribution in [0.5, 0.6) is 0 Å². The Kier molecular flexibility index (Phi) is 4.52. The minimum atomic E-state index is 0.113. The van der Waals surface area contributed by atoms with E-state index >= 15 is 0 Å². The summed E-state index contributed by atoms with van der Waals surface area (Å²) in [4.78, 5) is 0. The number of hydrogen-bond acceptors (Lipinski definition) is 3. The largest absolute Gasteiger partial charge is 0.315 e. The molecule has 0 spiro atoms. The maximum absolute atomic E-state index is 8.53. The standard InChI is InChI=1S/C10H14N2S/c1-9(6-11)7-12-4-2-10-3-5-13-8-10/h3,5,8-9,12H,2,4,7H2,1H3. The molecule has 1 rings (SSSR count). The Morgan fingerprint density at radius 1 is 1.69 bits per heavy atom. The van der Waals surface area contributed by atoms with E-state index in [-0.39, 0.29) is 5.92 Å². The topological polar surface area (TPSA) is 35.8 Å². The first-order valence-electron chi connectivity index (χ1n) is 4.44. The Labute approximate surface area is 83.2 Å². The van der Waals surface area contributed by atoms with Crippen LogP contribution in [0.3, 0.4) is 0 Å². The van der Waals surface area contributed by atoms with Crippen molar-refractivity contribution in [2.24, 2.45) is 5.92 Å². The molecule has 0 aliphatic heterocycles. The average Bonchev–Trinajstić information content (AvgIpc) is 2.64. The van der Waals surface area contributed by atoms with E-state index in [1.807, 2.05) is 6.92 Å². The fourth-order valence-corrected chi connectivity index (χ4v) is 1.73. The fraction of sp³-hybridized carbons (Fsp3) is 0.500. The number of nitrogens with zero attached hydrogens (tertiary/aromatic N) is 1. The first kappa shape index (κ1) is 10.2. The highest BCUT2D eigenvalue weighted by molar-refractivity contribution is 7.07. The van der Waals surface area contributed by atoms with Gasteiger partial charge in [-0.1, -0.05) is 0 Å². The van der Waals surface area contributed by atoms with Crippen LogP contribution in [0.2, 0.25) is 0 Å². The van der Waals surface area contributed by atoms with Crippen molar-refractivity contribution < 1.29 is 0 Å². The molecule has 0 aliphatic carbocycles. The van der Waals surface area contributed by atoms with Gasteiger partial charge in [-0.25, -0.2) is 0 Å². The van der Waals surface area contributed by atoms with Crippen LogP contribution in [0.15, 0.2) is 16.8 Å². The van der Waals surface area contributed by atoms with Crippen LogP contribution in [-0.4, -0.2) is 13.1 Å². The van der Waals surface area contributed by atoms with E-state index in [1.54, 1.807) is 11.3 Å². The third-order valence-corrected chi connectivity index (χ3v) is 2.57. The molecule has 1 unspecified atom stereocenters. The Morgan fingerprint density at radius 3 is 3.15 bits per heavy atom. The molecule has 1 N–H and O–H groups in total. The van der Waals surface area contributed by atoms with E-state index in [0.29, 0.717) is 0 Å². The highest BCUT2D eigenvalue weighted by atomic mass is 32.1. The minimum absolute atomic E-state index is 0.113. The molecule has 0 aliphatic rings. The lowest BCUT2D eigenvalue weighted by atomic mass is 10.2. The first-order valence-corrected chi connectivity index (χ1v) is 5.38. The summed E-state index contributed by atoms with van der Waals surface area (Å²) in [6.07, 6.45) is 1.06. The Hall–Kier alpha value is -0.850. The van der Waals surface area contributed by atoms with E-state index in [1.165, 1.54) is 5.56 Å². The van der Waals surface area contributed by atoms with Gasteiger partial charge in [0.05, 0.1) is 12.0 Å². The van der Waals surface area contributed by atoms with E-state index < -0.39 is 0 Å². The van der Waals surface area contributed by atoms with Crippen molar-refractivity contribution in [3.05, 3.63) is 22.4 Å². The third-order valence-electron chi connectivity index (χ3n) is 1.84. The lowest BCUT2D eigenvalue weighted by Gasteiger charge is -2.04. The Morgan fingerprint density at radius 2 is 2.54 bits per heavy atom. The smallest absolute Gasteiger partial charge is 0.0666 e. The molecule has 2 nitrogen and oxygen atoms in total. The maximum atomic E-state index is 8.53. The molecule has 70 valence electrons. The number of nitriles is 1. The van der Waals surface area contributed by atoms with Crippen LogP contribution in [0, 0.1) is 17.2 Å². The van der Waals surface area contributed by atoms with E-state index in [2.05, 4.69) is 28.2 Å². The van der Waals surface area contributed by atoms with Crippen molar-refractivity contribution in [2.45, 2.75) is 13.3 Å². The second-order valence-corrected chi connectivity index (χ2v) is 3.90. The molecule has 0 fully saturated rings. The minimum Gasteiger partial charge on any atom is -0.315 e. The van der Waals surface area contributed by atoms with Crippen LogP contribution in [-0.2, 0) is 6.42 Å². The van der Waals surface area contributed by atoms with Gasteiger partial charge in [0.25, 0.3) is 0 Å². The Balaban J connectivity index is 2.06. The summed E-state index contributed by atoms with van der Waals surface area (Å²) in [7, 11) is 0. The van der Waals surface area contributed by atoms with Gasteiger partial charge in [-0.2, -0.15) is 16.6 Å². The number of nitrogens with one attached hydrogen (secondary N) is 1. The summed E-state index contributed by atoms with van der Waals surface area (Å²) in [6.45, 7) is 3.68. The van der Waals surface area contributed by atoms with Crippen molar-refractivity contribution in [1.82, 2.24) is 5.32 Å². The van der Waals surface area contributed by atoms with Crippen LogP contribution in [0.25, 0.3) is 0 Å². The van der Waals surface area contributed by atoms with Gasteiger partial charge in [0.2, 0.25) is 0 Å². The van der Waals surface area contributed by atoms with Crippen LogP contribution < -0.4 is 5.32 Å². The summed E-state index contributed by atoms with van der Waals surface area (Å²) >= 11 is 1.73. The summed E-state index contributed by atoms with van der Waals surface area (Å²) in [5.74, 6) is 0.113. The molecular formula is C10H14N2S. The molecule has 1 aromatic heterocycles. The molecule has 0 aromatic carbocycles. The van der Waals surface area contributed by atoms with Gasteiger partial charge >= 0.3 is 0 Å². The summed E-state index contributed by atoms with van der Waals surface area (Å²) in [6, 6.07) is 4.34. The SMILES string of the molecule is CC(C#N)CNCCc1ccsc1. The summed E-state index contributed by atoms with van der Waals surface area (Å²) in [5.41, 5.74) is 1.38. The van der Waals surface area contributed by atoms with Crippen molar-refractivity contribution in [2.75, 3.05) is 13.1 Å². The predicted octanol–water partition coefficient (Wildman–Crippen LogP) is 2.04. The average molecular weight is 194 g/mol. The van der Waals surface area contributed by atoms with Gasteiger partial charge in [-0.15, -0.1) is 0 Å². The predicted molar refractivity (Wildman–Crippen MR) is 55.7 cm³/mol. The maximum Gasteiger partial charge on any atom is 0.0666 e. The molecule has 0 amide bonds. The number of thiophene rings is 1. The molecule has 3 heteroatoms. The van der Waals surface area contributed by atoms with Gasteiger partial charge in [-0.3, -0.25) is 0 Å². The zero-order valence-corrected chi connectivity index (χ0v) is 8.60. The molecule has 1 aromatic rings. The third kappa shape index (κ3) is 4.07. The second kappa shape index (κ2) is 5.74. The Bertz CT molecular complexity index is 261. The molecule has 0 bridgehead atoms. The van der Waals surface area contributed by atoms with Crippen molar-refractivity contribution in [1.29, 1.82) is 5.26 Å². The van der Waals surface area contributed by atoms with Gasteiger partial charge < -0.3 is 5.32 Å². The lowest BCUT2D eigenvalue weighted by molar-refractivity contribution is 0.602. The number of hydrogen-bond donors (Lipinski definition) is 1. The van der Waals surface area contributed by atoms with Gasteiger partial charge in [-0.05, 0) is 42.3 Å². The fourth-order valence-electron chi connectivity index (χ4n) is 1.03. The second-order valence-electron chi connectivity index (χ2n) is 3.12. The van der Waals surface area contributed by atoms with Crippen molar-refractivity contribution in [3.63, 3.8) is 0 Å². The quantitative estimate of drug-likeness (QED) is 0.728. The molecule has 0 saturated heterocycles. The van der Waals surface area contributed by atoms with Gasteiger partial charge in [0.15, 0.2) is 0 Å². The van der Waals surface area contributed by atoms with E-state index in [9.17, 15) is 0 Å². The monoisotopic (exact) mass is 194 g/mol. The summed E-state index contributed by atoms with van der Waals surface area (Å²) in [5, 5.41) is 16.0. The normalized spacial score (nSPS) is 12.3. The molecule has 0 saturated carbocycles. The van der Waals surface area contributed by atoms with Crippen LogP contribution in [0.1, 0.15) is 12.5 Å². The first-order chi connectivity index (χ1) is 6.33. The zero-order valence-electron chi connectivity index (χ0n) is 7.79. The van der Waals surface area contributed by atoms with Crippen LogP contribution in [0.4, 0.5) is 0 Å². The van der Waals surface area contributed by atoms with E-state index in [4.69, 9.17) is 5.26 Å². The van der Waals surface area contributed by atoms with Crippen LogP contribution >= 0.6 is 11.3 Å². The lowest BCUT2D eigenvalue weighted by Crippen LogP contribution is -2.22. The number of rotatable bonds is 5. The molecule has 13 heavy (non-hydrogen) atoms. The molecular weight excluding hydrogens is 180 g/mol. The van der Waals surface area contributed by atoms with Crippen molar-refractivity contribution in [3.8, 4) is 6.07 Å². The van der Waals surface area contributed by atoms with E-state index in [0.717, 1.165) is 19.5 Å². The van der Waals surface area contributed by atoms with Crippen molar-refractivity contribution >= 4 is 11.3 Å².